The maximum absolute atomic E-state index is 10.2. The molecule has 0 aliphatic rings. The largest absolute Gasteiger partial charge is 0.309 e. The zero-order chi connectivity index (χ0) is 65.6. The van der Waals surface area contributed by atoms with Crippen LogP contribution in [0.2, 0.25) is 0 Å². The van der Waals surface area contributed by atoms with Crippen LogP contribution in [-0.4, -0.2) is 29.1 Å². The number of hydrogen-bond donors (Lipinski definition) is 0. The summed E-state index contributed by atoms with van der Waals surface area (Å²) in [5.74, 6) is 1.35. The van der Waals surface area contributed by atoms with E-state index in [2.05, 4.69) is 94.1 Å². The maximum Gasteiger partial charge on any atom is 0.164 e. The van der Waals surface area contributed by atoms with Crippen LogP contribution in [-0.2, 0) is 0 Å². The lowest BCUT2D eigenvalue weighted by Crippen LogP contribution is -2.04. The van der Waals surface area contributed by atoms with Crippen LogP contribution in [0, 0.1) is 90.6 Å². The van der Waals surface area contributed by atoms with Gasteiger partial charge in [-0.25, -0.2) is 15.0 Å². The molecule has 0 aliphatic carbocycles. The Balaban J connectivity index is 1.03. The Morgan fingerprint density at radius 3 is 0.865 bits per heavy atom. The molecule has 0 bridgehead atoms. The minimum absolute atomic E-state index is 0.334. The molecule has 0 saturated carbocycles. The van der Waals surface area contributed by atoms with E-state index in [0.717, 1.165) is 93.8 Å². The van der Waals surface area contributed by atoms with Gasteiger partial charge in [0.05, 0.1) is 127 Å². The van der Waals surface area contributed by atoms with Gasteiger partial charge in [-0.05, 0) is 178 Å². The molecule has 0 unspecified atom stereocenters. The minimum Gasteiger partial charge on any atom is -0.309 e. The molecule has 4 aromatic heterocycles. The first-order valence-corrected chi connectivity index (χ1v) is 30.1. The summed E-state index contributed by atoms with van der Waals surface area (Å²) in [5.41, 5.74) is 16.7. The zero-order valence-electron chi connectivity index (χ0n) is 50.4. The van der Waals surface area contributed by atoms with Crippen LogP contribution in [0.5, 0.6) is 0 Å². The topological polar surface area (TPSA) is 252 Å². The number of nitriles is 8. The lowest BCUT2D eigenvalue weighted by molar-refractivity contribution is 1.07. The molecule has 11 aromatic carbocycles. The van der Waals surface area contributed by atoms with Crippen LogP contribution in [0.4, 0.5) is 0 Å². The summed E-state index contributed by atoms with van der Waals surface area (Å²) in [5, 5.41) is 84.3. The van der Waals surface area contributed by atoms with Crippen molar-refractivity contribution in [1.29, 1.82) is 42.1 Å². The van der Waals surface area contributed by atoms with Crippen LogP contribution in [0.25, 0.3) is 145 Å². The third-order valence-corrected chi connectivity index (χ3v) is 17.2. The van der Waals surface area contributed by atoms with Crippen molar-refractivity contribution in [1.82, 2.24) is 29.1 Å². The molecule has 0 aliphatic heterocycles. The second-order valence-corrected chi connectivity index (χ2v) is 22.9. The van der Waals surface area contributed by atoms with E-state index in [4.69, 9.17) is 19.9 Å². The van der Waals surface area contributed by atoms with E-state index >= 15 is 0 Å². The molecule has 15 rings (SSSR count). The fourth-order valence-electron chi connectivity index (χ4n) is 12.8. The zero-order valence-corrected chi connectivity index (χ0v) is 50.4. The SMILES string of the molecule is N#Cc1cc(C#N)cc(-c2ccc3c(c2)c2cc(-c4cc(C#N)cc(C#N)c4)ccc2n3-c2ccncc2-c2ccc(-c3nc(-c4ccccc4)nc(-c4ccccc4)n3)cc2-n2c3ccc(-c4cc(C#N)cc(C#N)c4)cc3c3cc(-c4cc(C#N)cc(C#N)c4)ccc32)c1. The van der Waals surface area contributed by atoms with Crippen molar-refractivity contribution in [2.75, 3.05) is 0 Å². The number of hydrogen-bond acceptors (Lipinski definition) is 12. The summed E-state index contributed by atoms with van der Waals surface area (Å²) in [6.07, 6.45) is 3.60. The van der Waals surface area contributed by atoms with Gasteiger partial charge in [-0.15, -0.1) is 0 Å². The van der Waals surface area contributed by atoms with Crippen molar-refractivity contribution < 1.29 is 0 Å². The van der Waals surface area contributed by atoms with Gasteiger partial charge in [0.2, 0.25) is 0 Å². The predicted molar refractivity (Wildman–Crippen MR) is 368 cm³/mol. The van der Waals surface area contributed by atoms with Crippen molar-refractivity contribution in [2.45, 2.75) is 0 Å². The van der Waals surface area contributed by atoms with E-state index in [1.807, 2.05) is 128 Å². The normalized spacial score (nSPS) is 10.8. The lowest BCUT2D eigenvalue weighted by Gasteiger charge is -2.19. The highest BCUT2D eigenvalue weighted by molar-refractivity contribution is 6.14. The number of fused-ring (bicyclic) bond motifs is 6. The fraction of sp³-hybridized carbons (Fsp3) is 0. The molecule has 14 nitrogen and oxygen atoms in total. The summed E-state index contributed by atoms with van der Waals surface area (Å²) in [4.78, 5) is 20.3. The van der Waals surface area contributed by atoms with Crippen LogP contribution in [0.1, 0.15) is 44.5 Å². The fourth-order valence-corrected chi connectivity index (χ4v) is 12.8. The van der Waals surface area contributed by atoms with Crippen LogP contribution < -0.4 is 0 Å². The first kappa shape index (κ1) is 57.5. The molecule has 0 fully saturated rings. The van der Waals surface area contributed by atoms with Crippen molar-refractivity contribution in [3.8, 4) is 150 Å². The summed E-state index contributed by atoms with van der Waals surface area (Å²) in [6, 6.07) is 90.0. The van der Waals surface area contributed by atoms with Gasteiger partial charge in [0.15, 0.2) is 17.5 Å². The Kier molecular flexibility index (Phi) is 14.3. The standard InChI is InChI=1S/C82H40N14/c83-40-49-23-50(41-84)28-64(27-49)59-12-17-74-69(35-59)70-36-60(65-29-51(42-85)24-52(30-65)43-86)13-18-75(70)95(74)78-21-22-91-48-73(78)68-16-11-63(82-93-80(57-7-3-1-4-8-57)92-81(94-82)58-9-5-2-6-10-58)39-79(68)96-76-19-14-61(66-31-53(44-87)25-54(32-66)45-88)37-71(76)72-38-62(15-20-77(72)96)67-33-55(46-89)26-56(34-67)47-90/h1-39,48H. The molecule has 96 heavy (non-hydrogen) atoms. The molecule has 0 radical (unpaired) electrons. The summed E-state index contributed by atoms with van der Waals surface area (Å²) < 4.78 is 4.39. The van der Waals surface area contributed by atoms with Gasteiger partial charge >= 0.3 is 0 Å². The van der Waals surface area contributed by atoms with E-state index in [0.29, 0.717) is 95.5 Å². The highest BCUT2D eigenvalue weighted by Gasteiger charge is 2.25. The van der Waals surface area contributed by atoms with E-state index in [1.165, 1.54) is 0 Å². The lowest BCUT2D eigenvalue weighted by atomic mass is 9.97. The quantitative estimate of drug-likeness (QED) is 0.124. The van der Waals surface area contributed by atoms with Crippen molar-refractivity contribution >= 4 is 43.6 Å². The second kappa shape index (κ2) is 23.8. The van der Waals surface area contributed by atoms with Gasteiger partial charge in [0.1, 0.15) is 0 Å². The molecule has 4 heterocycles. The first-order chi connectivity index (χ1) is 47.1. The van der Waals surface area contributed by atoms with Crippen molar-refractivity contribution in [3.05, 3.63) is 287 Å². The van der Waals surface area contributed by atoms with E-state index < -0.39 is 0 Å². The number of benzene rings is 11. The van der Waals surface area contributed by atoms with Gasteiger partial charge in [-0.3, -0.25) is 4.98 Å². The number of nitrogens with zero attached hydrogens (tertiary/aromatic N) is 14. The second-order valence-electron chi connectivity index (χ2n) is 22.9. The Hall–Kier alpha value is -14.9. The molecular formula is C82H40N14. The molecule has 0 saturated heterocycles. The monoisotopic (exact) mass is 1220 g/mol. The number of rotatable bonds is 10. The van der Waals surface area contributed by atoms with Gasteiger partial charge in [-0.1, -0.05) is 97.1 Å². The minimum atomic E-state index is 0.334. The Labute approximate surface area is 549 Å². The van der Waals surface area contributed by atoms with Crippen molar-refractivity contribution in [2.24, 2.45) is 0 Å². The molecule has 0 atom stereocenters. The Morgan fingerprint density at radius 2 is 0.542 bits per heavy atom. The van der Waals surface area contributed by atoms with Crippen LogP contribution in [0.15, 0.2) is 243 Å². The number of pyridine rings is 1. The summed E-state index contributed by atoms with van der Waals surface area (Å²) >= 11 is 0. The van der Waals surface area contributed by atoms with E-state index in [-0.39, 0.29) is 0 Å². The Bertz CT molecular complexity index is 5750. The van der Waals surface area contributed by atoms with E-state index in [1.54, 1.807) is 79.0 Å². The number of aromatic nitrogens is 6. The third-order valence-electron chi connectivity index (χ3n) is 17.2. The average molecular weight is 1220 g/mol. The van der Waals surface area contributed by atoms with Crippen LogP contribution in [0.3, 0.4) is 0 Å². The Morgan fingerprint density at radius 1 is 0.240 bits per heavy atom. The van der Waals surface area contributed by atoms with Crippen molar-refractivity contribution in [3.63, 3.8) is 0 Å². The molecule has 15 aromatic rings. The smallest absolute Gasteiger partial charge is 0.164 e. The van der Waals surface area contributed by atoms with Gasteiger partial charge in [0.25, 0.3) is 0 Å². The van der Waals surface area contributed by atoms with Gasteiger partial charge < -0.3 is 9.13 Å². The average Bonchev–Trinajstić information content (AvgIpc) is 1.56. The van der Waals surface area contributed by atoms with Gasteiger partial charge in [-0.2, -0.15) is 42.1 Å². The molecule has 0 spiro atoms. The van der Waals surface area contributed by atoms with E-state index in [9.17, 15) is 42.1 Å². The highest BCUT2D eigenvalue weighted by Crippen LogP contribution is 2.45. The molecule has 14 heteroatoms. The molecular weight excluding hydrogens is 1180 g/mol. The highest BCUT2D eigenvalue weighted by atomic mass is 15.0. The molecule has 0 amide bonds. The molecule has 438 valence electrons. The maximum atomic E-state index is 10.2. The summed E-state index contributed by atoms with van der Waals surface area (Å²) in [6.45, 7) is 0. The van der Waals surface area contributed by atoms with Gasteiger partial charge in [0, 0.05) is 61.8 Å². The molecule has 0 N–H and O–H groups in total. The predicted octanol–water partition coefficient (Wildman–Crippen LogP) is 17.8. The third kappa shape index (κ3) is 10.2. The van der Waals surface area contributed by atoms with Crippen LogP contribution >= 0.6 is 0 Å². The first-order valence-electron chi connectivity index (χ1n) is 30.1. The summed E-state index contributed by atoms with van der Waals surface area (Å²) in [7, 11) is 0.